The van der Waals surface area contributed by atoms with Crippen molar-refractivity contribution in [2.75, 3.05) is 19.6 Å². The molecular weight excluding hydrogens is 336 g/mol. The molecule has 2 aliphatic rings. The fraction of sp³-hybridized carbons (Fsp3) is 0.571. The molecule has 1 saturated heterocycles. The molecule has 2 aliphatic heterocycles. The number of nitrogens with zero attached hydrogens (tertiary/aromatic N) is 2. The van der Waals surface area contributed by atoms with Gasteiger partial charge in [-0.05, 0) is 36.4 Å². The van der Waals surface area contributed by atoms with Crippen LogP contribution < -0.4 is 22.1 Å². The van der Waals surface area contributed by atoms with Crippen LogP contribution in [0, 0.1) is 11.3 Å². The van der Waals surface area contributed by atoms with Gasteiger partial charge in [-0.15, -0.1) is 0 Å². The number of hydrogen-bond acceptors (Lipinski definition) is 6. The van der Waals surface area contributed by atoms with Gasteiger partial charge in [0.25, 0.3) is 0 Å². The summed E-state index contributed by atoms with van der Waals surface area (Å²) in [6, 6.07) is 10.6. The van der Waals surface area contributed by atoms with Gasteiger partial charge in [0.2, 0.25) is 0 Å². The monoisotopic (exact) mass is 370 g/mol. The Morgan fingerprint density at radius 3 is 2.74 bits per heavy atom. The number of nitrogens with one attached hydrogen (secondary N) is 2. The van der Waals surface area contributed by atoms with E-state index >= 15 is 0 Å². The van der Waals surface area contributed by atoms with Crippen molar-refractivity contribution in [3.63, 3.8) is 0 Å². The number of rotatable bonds is 6. The maximum absolute atomic E-state index is 6.71. The molecule has 2 heterocycles. The van der Waals surface area contributed by atoms with E-state index in [1.54, 1.807) is 0 Å². The lowest BCUT2D eigenvalue weighted by Crippen LogP contribution is -2.53. The minimum atomic E-state index is -0.759. The zero-order chi connectivity index (χ0) is 19.5. The van der Waals surface area contributed by atoms with Crippen molar-refractivity contribution in [3.05, 3.63) is 47.8 Å². The summed E-state index contributed by atoms with van der Waals surface area (Å²) in [5, 5.41) is 6.55. The van der Waals surface area contributed by atoms with E-state index in [2.05, 4.69) is 71.6 Å². The molecule has 0 spiro atoms. The van der Waals surface area contributed by atoms with Gasteiger partial charge in [-0.3, -0.25) is 4.90 Å². The third-order valence-electron chi connectivity index (χ3n) is 5.32. The Bertz CT molecular complexity index is 690. The molecule has 27 heavy (non-hydrogen) atoms. The van der Waals surface area contributed by atoms with Crippen molar-refractivity contribution in [3.8, 4) is 0 Å². The fourth-order valence-corrected chi connectivity index (χ4v) is 3.75. The van der Waals surface area contributed by atoms with Crippen LogP contribution in [0.4, 0.5) is 0 Å². The smallest absolute Gasteiger partial charge is 0.196 e. The molecule has 0 amide bonds. The van der Waals surface area contributed by atoms with Crippen molar-refractivity contribution in [2.45, 2.75) is 45.8 Å². The summed E-state index contributed by atoms with van der Waals surface area (Å²) < 4.78 is 0. The second-order valence-corrected chi connectivity index (χ2v) is 9.01. The first-order chi connectivity index (χ1) is 12.7. The molecule has 6 N–H and O–H groups in total. The van der Waals surface area contributed by atoms with Gasteiger partial charge in [-0.1, -0.05) is 51.1 Å². The normalized spacial score (nSPS) is 26.3. The predicted octanol–water partition coefficient (Wildman–Crippen LogP) is 1.95. The van der Waals surface area contributed by atoms with Crippen LogP contribution in [-0.4, -0.2) is 36.2 Å². The van der Waals surface area contributed by atoms with Crippen molar-refractivity contribution >= 4 is 5.96 Å². The molecule has 1 aromatic rings. The Balaban J connectivity index is 1.62. The second-order valence-electron chi connectivity index (χ2n) is 9.01. The highest BCUT2D eigenvalue weighted by Crippen LogP contribution is 2.30. The van der Waals surface area contributed by atoms with Crippen molar-refractivity contribution < 1.29 is 0 Å². The zero-order valence-electron chi connectivity index (χ0n) is 16.8. The van der Waals surface area contributed by atoms with Gasteiger partial charge in [0.1, 0.15) is 11.5 Å². The first-order valence-corrected chi connectivity index (χ1v) is 9.88. The van der Waals surface area contributed by atoms with E-state index < -0.39 is 5.66 Å². The van der Waals surface area contributed by atoms with Crippen LogP contribution in [0.3, 0.4) is 0 Å². The van der Waals surface area contributed by atoms with Gasteiger partial charge >= 0.3 is 0 Å². The van der Waals surface area contributed by atoms with Crippen LogP contribution in [0.5, 0.6) is 0 Å². The lowest BCUT2D eigenvalue weighted by atomic mass is 9.91. The van der Waals surface area contributed by atoms with E-state index in [4.69, 9.17) is 11.5 Å². The summed E-state index contributed by atoms with van der Waals surface area (Å²) in [6.07, 6.45) is 4.10. The summed E-state index contributed by atoms with van der Waals surface area (Å²) in [4.78, 5) is 7.01. The van der Waals surface area contributed by atoms with Crippen LogP contribution in [0.2, 0.25) is 0 Å². The number of aliphatic imine (C=N–C) groups is 1. The minimum Gasteiger partial charge on any atom is -0.372 e. The molecule has 6 nitrogen and oxygen atoms in total. The SMILES string of the molecule is CC(C)(C)CCNC1=CC(N)([C@H]2CCN(Cc3ccccc3)C2)N=C(N)N1. The largest absolute Gasteiger partial charge is 0.372 e. The first kappa shape index (κ1) is 19.7. The zero-order valence-corrected chi connectivity index (χ0v) is 16.8. The van der Waals surface area contributed by atoms with E-state index in [-0.39, 0.29) is 11.3 Å². The highest BCUT2D eigenvalue weighted by molar-refractivity contribution is 5.81. The molecule has 148 valence electrons. The Morgan fingerprint density at radius 2 is 2.04 bits per heavy atom. The third-order valence-corrected chi connectivity index (χ3v) is 5.32. The van der Waals surface area contributed by atoms with E-state index in [1.807, 2.05) is 6.08 Å². The molecule has 1 fully saturated rings. The molecular formula is C21H34N6. The van der Waals surface area contributed by atoms with E-state index in [0.717, 1.165) is 44.8 Å². The summed E-state index contributed by atoms with van der Waals surface area (Å²) in [7, 11) is 0. The number of guanidine groups is 1. The predicted molar refractivity (Wildman–Crippen MR) is 112 cm³/mol. The third kappa shape index (κ3) is 5.47. The van der Waals surface area contributed by atoms with Gasteiger partial charge in [0.15, 0.2) is 5.96 Å². The number of benzene rings is 1. The molecule has 3 rings (SSSR count). The van der Waals surface area contributed by atoms with Crippen LogP contribution in [0.1, 0.15) is 39.2 Å². The Kier molecular flexibility index (Phi) is 5.77. The molecule has 1 aromatic carbocycles. The fourth-order valence-electron chi connectivity index (χ4n) is 3.75. The molecule has 0 aliphatic carbocycles. The van der Waals surface area contributed by atoms with Crippen LogP contribution in [0.25, 0.3) is 0 Å². The molecule has 6 heteroatoms. The number of likely N-dealkylation sites (tertiary alicyclic amines) is 1. The Labute approximate surface area is 163 Å². The van der Waals surface area contributed by atoms with Gasteiger partial charge in [0.05, 0.1) is 0 Å². The minimum absolute atomic E-state index is 0.251. The summed E-state index contributed by atoms with van der Waals surface area (Å²) in [5.74, 6) is 1.51. The van der Waals surface area contributed by atoms with Crippen LogP contribution in [-0.2, 0) is 6.54 Å². The lowest BCUT2D eigenvalue weighted by molar-refractivity contribution is 0.282. The van der Waals surface area contributed by atoms with Crippen molar-refractivity contribution in [1.82, 2.24) is 15.5 Å². The average molecular weight is 371 g/mol. The Morgan fingerprint density at radius 1 is 1.30 bits per heavy atom. The average Bonchev–Trinajstić information content (AvgIpc) is 3.03. The molecule has 1 unspecified atom stereocenters. The molecule has 0 radical (unpaired) electrons. The standard InChI is InChI=1S/C21H34N6/c1-20(2,3)10-11-24-18-13-21(23,26-19(22)25-18)17-9-12-27(15-17)14-16-7-5-4-6-8-16/h4-8,13,17,24H,9-12,14-15,23H2,1-3H3,(H3,22,25,26)/t17-,21?/m0/s1. The topological polar surface area (TPSA) is 91.7 Å². The van der Waals surface area contributed by atoms with Gasteiger partial charge < -0.3 is 22.1 Å². The molecule has 0 saturated carbocycles. The molecule has 0 aromatic heterocycles. The van der Waals surface area contributed by atoms with Gasteiger partial charge in [-0.2, -0.15) is 0 Å². The maximum atomic E-state index is 6.71. The van der Waals surface area contributed by atoms with Crippen LogP contribution in [0.15, 0.2) is 47.2 Å². The molecule has 0 bridgehead atoms. The van der Waals surface area contributed by atoms with Gasteiger partial charge in [-0.25, -0.2) is 4.99 Å². The summed E-state index contributed by atoms with van der Waals surface area (Å²) >= 11 is 0. The second kappa shape index (κ2) is 7.90. The lowest BCUT2D eigenvalue weighted by Gasteiger charge is -2.34. The van der Waals surface area contributed by atoms with Gasteiger partial charge in [0, 0.05) is 25.6 Å². The number of hydrogen-bond donors (Lipinski definition) is 4. The van der Waals surface area contributed by atoms with E-state index in [9.17, 15) is 0 Å². The summed E-state index contributed by atoms with van der Waals surface area (Å²) in [6.45, 7) is 10.5. The highest BCUT2D eigenvalue weighted by Gasteiger charge is 2.40. The highest BCUT2D eigenvalue weighted by atomic mass is 15.3. The molecule has 2 atom stereocenters. The van der Waals surface area contributed by atoms with E-state index in [0.29, 0.717) is 5.96 Å². The van der Waals surface area contributed by atoms with Crippen molar-refractivity contribution in [1.29, 1.82) is 0 Å². The Hall–Kier alpha value is -2.05. The first-order valence-electron chi connectivity index (χ1n) is 9.88. The van der Waals surface area contributed by atoms with Crippen molar-refractivity contribution in [2.24, 2.45) is 27.8 Å². The summed E-state index contributed by atoms with van der Waals surface area (Å²) in [5.41, 5.74) is 13.6. The van der Waals surface area contributed by atoms with Crippen LogP contribution >= 0.6 is 0 Å². The maximum Gasteiger partial charge on any atom is 0.196 e. The number of nitrogens with two attached hydrogens (primary N) is 2. The van der Waals surface area contributed by atoms with E-state index in [1.165, 1.54) is 5.56 Å². The quantitative estimate of drug-likeness (QED) is 0.614.